The molecule has 0 heterocycles. The molecule has 0 fully saturated rings. The Morgan fingerprint density at radius 1 is 0.893 bits per heavy atom. The fraction of sp³-hybridized carbons (Fsp3) is 0.840. The van der Waals surface area contributed by atoms with E-state index in [4.69, 9.17) is 4.43 Å². The maximum absolute atomic E-state index is 6.71. The van der Waals surface area contributed by atoms with E-state index in [1.165, 1.54) is 44.1 Å². The molecule has 0 amide bonds. The van der Waals surface area contributed by atoms with Crippen LogP contribution in [0.5, 0.6) is 0 Å². The van der Waals surface area contributed by atoms with Gasteiger partial charge in [-0.25, -0.2) is 0 Å². The van der Waals surface area contributed by atoms with Crippen LogP contribution in [0.1, 0.15) is 92.4 Å². The molecule has 0 bridgehead atoms. The molecule has 166 valence electrons. The van der Waals surface area contributed by atoms with E-state index in [1.807, 2.05) is 0 Å². The van der Waals surface area contributed by atoms with E-state index >= 15 is 0 Å². The number of hydrogen-bond donors (Lipinski definition) is 0. The molecule has 1 unspecified atom stereocenters. The van der Waals surface area contributed by atoms with Gasteiger partial charge in [-0.3, -0.25) is 0 Å². The predicted octanol–water partition coefficient (Wildman–Crippen LogP) is 9.29. The first-order valence-corrected chi connectivity index (χ1v) is 23.2. The van der Waals surface area contributed by atoms with E-state index in [0.717, 1.165) is 19.3 Å². The molecule has 0 aromatic heterocycles. The van der Waals surface area contributed by atoms with Crippen molar-refractivity contribution in [3.63, 3.8) is 0 Å². The Hall–Kier alpha value is 0.456. The Labute approximate surface area is 183 Å². The summed E-state index contributed by atoms with van der Waals surface area (Å²) < 4.78 is 14.1. The fourth-order valence-corrected chi connectivity index (χ4v) is 20.2. The third-order valence-corrected chi connectivity index (χ3v) is 21.2. The first-order valence-electron chi connectivity index (χ1n) is 12.1. The second-order valence-electron chi connectivity index (χ2n) is 10.1. The molecular weight excluding hydrogens is 463 g/mol. The van der Waals surface area contributed by atoms with Crippen molar-refractivity contribution in [1.29, 1.82) is 0 Å². The average Bonchev–Trinajstić information content (AvgIpc) is 2.61. The summed E-state index contributed by atoms with van der Waals surface area (Å²) in [7, 11) is -1.62. The van der Waals surface area contributed by atoms with Crippen molar-refractivity contribution >= 4 is 26.7 Å². The quantitative estimate of drug-likeness (QED) is 0.139. The van der Waals surface area contributed by atoms with Crippen LogP contribution in [-0.2, 0) is 4.43 Å². The van der Waals surface area contributed by atoms with Gasteiger partial charge < -0.3 is 0 Å². The Bertz CT molecular complexity index is 430. The van der Waals surface area contributed by atoms with Gasteiger partial charge in [0.05, 0.1) is 0 Å². The van der Waals surface area contributed by atoms with E-state index in [1.54, 1.807) is 13.3 Å². The van der Waals surface area contributed by atoms with Crippen LogP contribution in [0.25, 0.3) is 0 Å². The zero-order valence-electron chi connectivity index (χ0n) is 20.8. The Kier molecular flexibility index (Phi) is 14.7. The van der Waals surface area contributed by atoms with Crippen molar-refractivity contribution in [3.8, 4) is 0 Å². The molecule has 1 nitrogen and oxygen atoms in total. The van der Waals surface area contributed by atoms with E-state index < -0.39 is 26.7 Å². The van der Waals surface area contributed by atoms with Crippen molar-refractivity contribution in [2.45, 2.75) is 131 Å². The molecule has 0 aliphatic heterocycles. The molecule has 0 radical (unpaired) electrons. The van der Waals surface area contributed by atoms with Gasteiger partial charge in [-0.1, -0.05) is 0 Å². The molecule has 0 N–H and O–H groups in total. The standard InChI is InChI=1S/C13H25OSi.3C4H9.Sn/c1-8-10-12(3)13(4,11-9-2)14-15(5,6)7;3*1-3-4-2;/h2,9H,3,8,10-11H2,1,4-7H3;3*1,3-4H2,2H3;. The van der Waals surface area contributed by atoms with E-state index in [2.05, 4.69) is 71.0 Å². The first kappa shape index (κ1) is 28.5. The van der Waals surface area contributed by atoms with Gasteiger partial charge in [-0.2, -0.15) is 0 Å². The van der Waals surface area contributed by atoms with Crippen LogP contribution >= 0.6 is 0 Å². The third-order valence-electron chi connectivity index (χ3n) is 5.89. The van der Waals surface area contributed by atoms with Crippen molar-refractivity contribution in [2.24, 2.45) is 0 Å². The number of hydrogen-bond acceptors (Lipinski definition) is 1. The zero-order chi connectivity index (χ0) is 21.7. The molecular formula is C25H52OSiSn. The van der Waals surface area contributed by atoms with Crippen LogP contribution in [0.15, 0.2) is 22.3 Å². The first-order chi connectivity index (χ1) is 13.1. The van der Waals surface area contributed by atoms with Crippen molar-refractivity contribution in [2.75, 3.05) is 0 Å². The molecule has 0 saturated heterocycles. The summed E-state index contributed by atoms with van der Waals surface area (Å²) in [6.45, 7) is 23.0. The Morgan fingerprint density at radius 2 is 1.36 bits per heavy atom. The van der Waals surface area contributed by atoms with E-state index in [-0.39, 0.29) is 5.60 Å². The number of unbranched alkanes of at least 4 members (excludes halogenated alkanes) is 3. The topological polar surface area (TPSA) is 9.23 Å². The zero-order valence-corrected chi connectivity index (χ0v) is 24.6. The minimum atomic E-state index is -2.20. The molecule has 0 aromatic rings. The van der Waals surface area contributed by atoms with Crippen LogP contribution in [-0.4, -0.2) is 32.3 Å². The molecule has 1 atom stereocenters. The van der Waals surface area contributed by atoms with Gasteiger partial charge in [0.1, 0.15) is 0 Å². The van der Waals surface area contributed by atoms with Gasteiger partial charge in [0, 0.05) is 0 Å². The van der Waals surface area contributed by atoms with Crippen LogP contribution in [0, 0.1) is 0 Å². The molecule has 3 heteroatoms. The maximum atomic E-state index is 6.71. The molecule has 0 rings (SSSR count). The second-order valence-corrected chi connectivity index (χ2v) is 27.5. The minimum absolute atomic E-state index is 0.186. The van der Waals surface area contributed by atoms with Gasteiger partial charge in [0.2, 0.25) is 0 Å². The van der Waals surface area contributed by atoms with Crippen LogP contribution < -0.4 is 0 Å². The summed E-state index contributed by atoms with van der Waals surface area (Å²) in [4.78, 5) is 0. The van der Waals surface area contributed by atoms with Crippen LogP contribution in [0.3, 0.4) is 0 Å². The molecule has 0 saturated carbocycles. The van der Waals surface area contributed by atoms with Gasteiger partial charge in [0.25, 0.3) is 0 Å². The fourth-order valence-electron chi connectivity index (χ4n) is 4.25. The van der Waals surface area contributed by atoms with Gasteiger partial charge in [-0.05, 0) is 0 Å². The normalized spacial score (nSPS) is 15.1. The van der Waals surface area contributed by atoms with E-state index in [9.17, 15) is 0 Å². The summed E-state index contributed by atoms with van der Waals surface area (Å²) in [5.41, 5.74) is 1.10. The van der Waals surface area contributed by atoms with Crippen molar-refractivity contribution in [3.05, 3.63) is 22.3 Å². The second kappa shape index (κ2) is 14.5. The summed E-state index contributed by atoms with van der Waals surface area (Å²) in [6.07, 6.45) is 14.1. The Balaban J connectivity index is 5.54. The van der Waals surface area contributed by atoms with Crippen molar-refractivity contribution in [1.82, 2.24) is 0 Å². The predicted molar refractivity (Wildman–Crippen MR) is 136 cm³/mol. The van der Waals surface area contributed by atoms with Crippen molar-refractivity contribution < 1.29 is 4.43 Å². The van der Waals surface area contributed by atoms with Gasteiger partial charge in [-0.15, -0.1) is 0 Å². The SMILES string of the molecule is C=C(CCC)C(C)(C/C=[CH]/[Sn]([CH2]CCC)([CH2]CCC)[CH2]CCC)O[Si](C)(C)C. The summed E-state index contributed by atoms with van der Waals surface area (Å²) >= 11 is -2.20. The third kappa shape index (κ3) is 11.6. The molecule has 28 heavy (non-hydrogen) atoms. The summed E-state index contributed by atoms with van der Waals surface area (Å²) in [5, 5.41) is 0. The molecule has 0 aromatic carbocycles. The van der Waals surface area contributed by atoms with Gasteiger partial charge in [0.15, 0.2) is 0 Å². The molecule has 0 spiro atoms. The Morgan fingerprint density at radius 3 is 1.71 bits per heavy atom. The average molecular weight is 515 g/mol. The van der Waals surface area contributed by atoms with Crippen LogP contribution in [0.2, 0.25) is 33.0 Å². The molecule has 0 aliphatic rings. The molecule has 0 aliphatic carbocycles. The summed E-state index contributed by atoms with van der Waals surface area (Å²) in [6, 6.07) is 0. The van der Waals surface area contributed by atoms with Gasteiger partial charge >= 0.3 is 184 Å². The van der Waals surface area contributed by atoms with Crippen LogP contribution in [0.4, 0.5) is 0 Å². The van der Waals surface area contributed by atoms with E-state index in [0.29, 0.717) is 0 Å². The monoisotopic (exact) mass is 516 g/mol. The summed E-state index contributed by atoms with van der Waals surface area (Å²) in [5.74, 6) is 0. The number of rotatable bonds is 17.